The van der Waals surface area contributed by atoms with Crippen LogP contribution in [0.25, 0.3) is 0 Å². The van der Waals surface area contributed by atoms with E-state index in [9.17, 15) is 20.2 Å². The van der Waals surface area contributed by atoms with E-state index in [0.717, 1.165) is 12.8 Å². The third-order valence-electron chi connectivity index (χ3n) is 2.28. The van der Waals surface area contributed by atoms with E-state index in [4.69, 9.17) is 0 Å². The third-order valence-corrected chi connectivity index (χ3v) is 2.28. The van der Waals surface area contributed by atoms with E-state index in [2.05, 4.69) is 9.68 Å². The Morgan fingerprint density at radius 1 is 1.33 bits per heavy atom. The maximum absolute atomic E-state index is 10.5. The van der Waals surface area contributed by atoms with Crippen molar-refractivity contribution in [3.63, 3.8) is 0 Å². The first-order chi connectivity index (χ1) is 7.09. The molecule has 1 aromatic rings. The molecule has 0 radical (unpaired) electrons. The van der Waals surface area contributed by atoms with Gasteiger partial charge in [0.2, 0.25) is 0 Å². The van der Waals surface area contributed by atoms with Crippen LogP contribution in [-0.4, -0.2) is 15.0 Å². The van der Waals surface area contributed by atoms with Crippen LogP contribution in [0.5, 0.6) is 0 Å². The molecule has 80 valence electrons. The second kappa shape index (κ2) is 3.30. The van der Waals surface area contributed by atoms with E-state index < -0.39 is 21.5 Å². The first-order valence-corrected chi connectivity index (χ1v) is 4.37. The molecule has 0 atom stereocenters. The molecule has 0 saturated heterocycles. The second-order valence-corrected chi connectivity index (χ2v) is 3.45. The largest absolute Gasteiger partial charge is 0.487 e. The lowest BCUT2D eigenvalue weighted by atomic mass is 10.1. The van der Waals surface area contributed by atoms with Gasteiger partial charge in [0.1, 0.15) is 4.92 Å². The number of hydrogen-bond donors (Lipinski definition) is 0. The molecular formula is C7H7N3O5. The maximum atomic E-state index is 10.5. The summed E-state index contributed by atoms with van der Waals surface area (Å²) in [7, 11) is 0. The molecule has 1 aliphatic carbocycles. The van der Waals surface area contributed by atoms with Crippen LogP contribution in [0.1, 0.15) is 18.4 Å². The first-order valence-electron chi connectivity index (χ1n) is 4.37. The second-order valence-electron chi connectivity index (χ2n) is 3.45. The summed E-state index contributed by atoms with van der Waals surface area (Å²) in [5, 5.41) is 24.1. The zero-order valence-electron chi connectivity index (χ0n) is 7.58. The lowest BCUT2D eigenvalue weighted by molar-refractivity contribution is -0.404. The van der Waals surface area contributed by atoms with Crippen LogP contribution in [0.4, 0.5) is 11.7 Å². The van der Waals surface area contributed by atoms with E-state index in [1.165, 1.54) is 0 Å². The van der Waals surface area contributed by atoms with Gasteiger partial charge in [0, 0.05) is 0 Å². The van der Waals surface area contributed by atoms with Gasteiger partial charge in [0.05, 0.1) is 0 Å². The van der Waals surface area contributed by atoms with E-state index in [-0.39, 0.29) is 5.56 Å². The average Bonchev–Trinajstić information content (AvgIpc) is 2.82. The predicted molar refractivity (Wildman–Crippen MR) is 46.2 cm³/mol. The van der Waals surface area contributed by atoms with E-state index >= 15 is 0 Å². The van der Waals surface area contributed by atoms with Crippen molar-refractivity contribution in [3.05, 3.63) is 25.8 Å². The van der Waals surface area contributed by atoms with Gasteiger partial charge >= 0.3 is 11.7 Å². The van der Waals surface area contributed by atoms with E-state index in [1.54, 1.807) is 0 Å². The summed E-state index contributed by atoms with van der Waals surface area (Å²) in [5.41, 5.74) is 0.00694. The topological polar surface area (TPSA) is 112 Å². The Hall–Kier alpha value is -1.99. The Morgan fingerprint density at radius 3 is 2.47 bits per heavy atom. The van der Waals surface area contributed by atoms with Crippen LogP contribution in [0, 0.1) is 26.1 Å². The highest BCUT2D eigenvalue weighted by atomic mass is 16.7. The van der Waals surface area contributed by atoms with Gasteiger partial charge in [0.25, 0.3) is 0 Å². The van der Waals surface area contributed by atoms with Crippen LogP contribution in [0.2, 0.25) is 0 Å². The van der Waals surface area contributed by atoms with Gasteiger partial charge in [-0.15, -0.1) is 0 Å². The molecule has 2 rings (SSSR count). The van der Waals surface area contributed by atoms with Crippen molar-refractivity contribution in [1.82, 2.24) is 5.16 Å². The van der Waals surface area contributed by atoms with Crippen molar-refractivity contribution in [2.75, 3.05) is 0 Å². The molecule has 0 aliphatic heterocycles. The predicted octanol–water partition coefficient (Wildman–Crippen LogP) is 1.44. The molecular weight excluding hydrogens is 206 g/mol. The number of nitrogens with zero attached hydrogens (tertiary/aromatic N) is 3. The highest BCUT2D eigenvalue weighted by molar-refractivity contribution is 5.42. The molecule has 0 bridgehead atoms. The van der Waals surface area contributed by atoms with Crippen molar-refractivity contribution in [2.24, 2.45) is 5.92 Å². The molecule has 8 nitrogen and oxygen atoms in total. The van der Waals surface area contributed by atoms with Gasteiger partial charge in [-0.1, -0.05) is 0 Å². The Morgan fingerprint density at radius 2 is 2.00 bits per heavy atom. The molecule has 1 fully saturated rings. The molecule has 8 heteroatoms. The van der Waals surface area contributed by atoms with Crippen LogP contribution < -0.4 is 0 Å². The third kappa shape index (κ3) is 1.78. The number of aromatic nitrogens is 1. The summed E-state index contributed by atoms with van der Waals surface area (Å²) < 4.78 is 4.36. The zero-order valence-corrected chi connectivity index (χ0v) is 7.58. The Labute approximate surface area is 83.2 Å². The summed E-state index contributed by atoms with van der Waals surface area (Å²) >= 11 is 0. The minimum Gasteiger partial charge on any atom is -0.358 e. The smallest absolute Gasteiger partial charge is 0.358 e. The summed E-state index contributed by atoms with van der Waals surface area (Å²) in [4.78, 5) is 19.5. The average molecular weight is 213 g/mol. The van der Waals surface area contributed by atoms with Crippen molar-refractivity contribution in [3.8, 4) is 0 Å². The molecule has 0 unspecified atom stereocenters. The Balaban J connectivity index is 2.37. The van der Waals surface area contributed by atoms with E-state index in [0.29, 0.717) is 12.3 Å². The number of rotatable bonds is 4. The minimum absolute atomic E-state index is 0.00694. The van der Waals surface area contributed by atoms with Crippen LogP contribution in [-0.2, 0) is 6.42 Å². The quantitative estimate of drug-likeness (QED) is 0.552. The summed E-state index contributed by atoms with van der Waals surface area (Å²) in [6.07, 6.45) is 2.19. The Kier molecular flexibility index (Phi) is 2.10. The maximum Gasteiger partial charge on any atom is 0.487 e. The summed E-state index contributed by atoms with van der Waals surface area (Å²) in [6.45, 7) is 0. The standard InChI is InChI=1S/C7H7N3O5/c11-9(12)6-5(3-4-1-2-4)7(10(13)14)15-8-6/h4H,1-3H2. The van der Waals surface area contributed by atoms with Crippen LogP contribution in [0.15, 0.2) is 4.52 Å². The normalized spacial score (nSPS) is 15.2. The van der Waals surface area contributed by atoms with E-state index in [1.807, 2.05) is 0 Å². The molecule has 0 aromatic carbocycles. The van der Waals surface area contributed by atoms with Gasteiger partial charge in [0.15, 0.2) is 10.7 Å². The van der Waals surface area contributed by atoms with Crippen molar-refractivity contribution < 1.29 is 14.4 Å². The number of nitro groups is 2. The highest BCUT2D eigenvalue weighted by Gasteiger charge is 2.38. The SMILES string of the molecule is O=[N+]([O-])c1noc([N+](=O)[O-])c1CC1CC1. The van der Waals surface area contributed by atoms with Crippen molar-refractivity contribution >= 4 is 11.7 Å². The Bertz CT molecular complexity index is 391. The van der Waals surface area contributed by atoms with Gasteiger partial charge in [-0.05, 0) is 30.1 Å². The molecule has 1 heterocycles. The van der Waals surface area contributed by atoms with Crippen LogP contribution >= 0.6 is 0 Å². The minimum atomic E-state index is -0.780. The molecule has 0 amide bonds. The molecule has 1 aliphatic rings. The molecule has 0 spiro atoms. The molecule has 0 N–H and O–H groups in total. The number of hydrogen-bond acceptors (Lipinski definition) is 6. The van der Waals surface area contributed by atoms with Gasteiger partial charge in [-0.2, -0.15) is 4.52 Å². The first kappa shape index (κ1) is 9.56. The fourth-order valence-electron chi connectivity index (χ4n) is 1.37. The fourth-order valence-corrected chi connectivity index (χ4v) is 1.37. The molecule has 15 heavy (non-hydrogen) atoms. The fraction of sp³-hybridized carbons (Fsp3) is 0.571. The highest BCUT2D eigenvalue weighted by Crippen LogP contribution is 2.38. The molecule has 1 saturated carbocycles. The van der Waals surface area contributed by atoms with Gasteiger partial charge in [-0.3, -0.25) is 10.1 Å². The van der Waals surface area contributed by atoms with Crippen LogP contribution in [0.3, 0.4) is 0 Å². The van der Waals surface area contributed by atoms with Gasteiger partial charge in [-0.25, -0.2) is 0 Å². The van der Waals surface area contributed by atoms with Crippen molar-refractivity contribution in [1.29, 1.82) is 0 Å². The summed E-state index contributed by atoms with van der Waals surface area (Å²) in [5.74, 6) is -0.844. The monoisotopic (exact) mass is 213 g/mol. The van der Waals surface area contributed by atoms with Crippen molar-refractivity contribution in [2.45, 2.75) is 19.3 Å². The lowest BCUT2D eigenvalue weighted by Crippen LogP contribution is -1.97. The zero-order chi connectivity index (χ0) is 11.0. The van der Waals surface area contributed by atoms with Gasteiger partial charge < -0.3 is 10.1 Å². The summed E-state index contributed by atoms with van der Waals surface area (Å²) in [6, 6.07) is 0. The molecule has 1 aromatic heterocycles. The lowest BCUT2D eigenvalue weighted by Gasteiger charge is -1.92.